The monoisotopic (exact) mass is 198 g/mol. The second-order valence-corrected chi connectivity index (χ2v) is 5.44. The van der Waals surface area contributed by atoms with Crippen molar-refractivity contribution < 1.29 is 0 Å². The van der Waals surface area contributed by atoms with Crippen LogP contribution in [0.5, 0.6) is 0 Å². The summed E-state index contributed by atoms with van der Waals surface area (Å²) in [6, 6.07) is 0. The Kier molecular flexibility index (Phi) is 4.39. The molecular weight excluding hydrogens is 172 g/mol. The molecule has 1 aliphatic heterocycles. The summed E-state index contributed by atoms with van der Waals surface area (Å²) in [4.78, 5) is 2.44. The van der Waals surface area contributed by atoms with E-state index < -0.39 is 0 Å². The molecule has 2 nitrogen and oxygen atoms in total. The van der Waals surface area contributed by atoms with Crippen LogP contribution < -0.4 is 5.73 Å². The quantitative estimate of drug-likeness (QED) is 0.749. The summed E-state index contributed by atoms with van der Waals surface area (Å²) in [6.45, 7) is 8.03. The van der Waals surface area contributed by atoms with E-state index in [-0.39, 0.29) is 0 Å². The molecule has 0 aromatic carbocycles. The van der Waals surface area contributed by atoms with Gasteiger partial charge >= 0.3 is 0 Å². The first-order chi connectivity index (χ1) is 6.58. The summed E-state index contributed by atoms with van der Waals surface area (Å²) in [5.41, 5.74) is 6.31. The zero-order chi connectivity index (χ0) is 10.6. The summed E-state index contributed by atoms with van der Waals surface area (Å²) in [6.07, 6.45) is 5.27. The molecule has 0 atom stereocenters. The van der Waals surface area contributed by atoms with E-state index in [0.29, 0.717) is 5.41 Å². The Bertz CT molecular complexity index is 158. The van der Waals surface area contributed by atoms with Gasteiger partial charge in [-0.3, -0.25) is 0 Å². The Morgan fingerprint density at radius 3 is 2.29 bits per heavy atom. The lowest BCUT2D eigenvalue weighted by Crippen LogP contribution is -2.39. The lowest BCUT2D eigenvalue weighted by molar-refractivity contribution is 0.0913. The number of hydrogen-bond acceptors (Lipinski definition) is 2. The fraction of sp³-hybridized carbons (Fsp3) is 1.00. The number of nitrogens with zero attached hydrogens (tertiary/aromatic N) is 1. The lowest BCUT2D eigenvalue weighted by atomic mass is 9.70. The van der Waals surface area contributed by atoms with Crippen molar-refractivity contribution in [1.82, 2.24) is 4.90 Å². The molecule has 14 heavy (non-hydrogen) atoms. The van der Waals surface area contributed by atoms with Gasteiger partial charge in [0.25, 0.3) is 0 Å². The van der Waals surface area contributed by atoms with Gasteiger partial charge in [-0.15, -0.1) is 0 Å². The second-order valence-electron chi connectivity index (χ2n) is 5.44. The van der Waals surface area contributed by atoms with Gasteiger partial charge in [0.2, 0.25) is 0 Å². The van der Waals surface area contributed by atoms with Crippen LogP contribution in [0.1, 0.15) is 39.5 Å². The Balaban J connectivity index is 2.53. The van der Waals surface area contributed by atoms with Gasteiger partial charge in [0.15, 0.2) is 0 Å². The maximum absolute atomic E-state index is 5.74. The Morgan fingerprint density at radius 1 is 1.29 bits per heavy atom. The number of likely N-dealkylation sites (tertiary alicyclic amines) is 1. The third-order valence-electron chi connectivity index (χ3n) is 3.56. The van der Waals surface area contributed by atoms with Gasteiger partial charge in [0.1, 0.15) is 0 Å². The van der Waals surface area contributed by atoms with Crippen LogP contribution in [0.25, 0.3) is 0 Å². The molecule has 0 unspecified atom stereocenters. The molecule has 0 aromatic heterocycles. The number of piperidine rings is 1. The van der Waals surface area contributed by atoms with Crippen LogP contribution in [0.15, 0.2) is 0 Å². The van der Waals surface area contributed by atoms with E-state index in [2.05, 4.69) is 25.8 Å². The van der Waals surface area contributed by atoms with Crippen LogP contribution in [0.3, 0.4) is 0 Å². The molecule has 0 aromatic rings. The van der Waals surface area contributed by atoms with Crippen LogP contribution in [-0.4, -0.2) is 31.6 Å². The topological polar surface area (TPSA) is 29.3 Å². The summed E-state index contributed by atoms with van der Waals surface area (Å²) in [5.74, 6) is 0.810. The highest BCUT2D eigenvalue weighted by atomic mass is 15.1. The SMILES string of the molecule is CC(C)CC1(CCN)CCN(C)CC1. The zero-order valence-corrected chi connectivity index (χ0v) is 10.1. The predicted molar refractivity (Wildman–Crippen MR) is 62.3 cm³/mol. The highest BCUT2D eigenvalue weighted by Crippen LogP contribution is 2.39. The minimum absolute atomic E-state index is 0.565. The van der Waals surface area contributed by atoms with Crippen LogP contribution in [0, 0.1) is 11.3 Å². The molecule has 1 heterocycles. The van der Waals surface area contributed by atoms with Crippen LogP contribution in [-0.2, 0) is 0 Å². The van der Waals surface area contributed by atoms with Crippen molar-refractivity contribution in [1.29, 1.82) is 0 Å². The molecule has 2 N–H and O–H groups in total. The molecule has 84 valence electrons. The molecule has 0 bridgehead atoms. The van der Waals surface area contributed by atoms with Crippen molar-refractivity contribution in [3.63, 3.8) is 0 Å². The summed E-state index contributed by atoms with van der Waals surface area (Å²) >= 11 is 0. The molecule has 1 rings (SSSR count). The van der Waals surface area contributed by atoms with Crippen molar-refractivity contribution >= 4 is 0 Å². The molecule has 0 aliphatic carbocycles. The third kappa shape index (κ3) is 3.25. The van der Waals surface area contributed by atoms with Crippen LogP contribution in [0.2, 0.25) is 0 Å². The van der Waals surface area contributed by atoms with Crippen LogP contribution >= 0.6 is 0 Å². The van der Waals surface area contributed by atoms with E-state index in [0.717, 1.165) is 12.5 Å². The molecular formula is C12H26N2. The van der Waals surface area contributed by atoms with Gasteiger partial charge in [-0.2, -0.15) is 0 Å². The van der Waals surface area contributed by atoms with E-state index in [9.17, 15) is 0 Å². The van der Waals surface area contributed by atoms with E-state index in [1.54, 1.807) is 0 Å². The van der Waals surface area contributed by atoms with Gasteiger partial charge in [-0.05, 0) is 63.7 Å². The standard InChI is InChI=1S/C12H26N2/c1-11(2)10-12(4-7-13)5-8-14(3)9-6-12/h11H,4-10,13H2,1-3H3. The molecule has 0 spiro atoms. The van der Waals surface area contributed by atoms with Crippen LogP contribution in [0.4, 0.5) is 0 Å². The smallest absolute Gasteiger partial charge is 0.00165 e. The summed E-state index contributed by atoms with van der Waals surface area (Å²) < 4.78 is 0. The van der Waals surface area contributed by atoms with E-state index >= 15 is 0 Å². The van der Waals surface area contributed by atoms with Crippen molar-refractivity contribution in [3.05, 3.63) is 0 Å². The molecule has 0 radical (unpaired) electrons. The predicted octanol–water partition coefficient (Wildman–Crippen LogP) is 2.09. The van der Waals surface area contributed by atoms with Crippen molar-refractivity contribution in [2.24, 2.45) is 17.1 Å². The first-order valence-electron chi connectivity index (χ1n) is 5.97. The fourth-order valence-electron chi connectivity index (χ4n) is 2.82. The molecule has 1 fully saturated rings. The van der Waals surface area contributed by atoms with Crippen molar-refractivity contribution in [2.45, 2.75) is 39.5 Å². The normalized spacial score (nSPS) is 22.9. The molecule has 1 saturated heterocycles. The average Bonchev–Trinajstić information content (AvgIpc) is 2.10. The molecule has 2 heteroatoms. The average molecular weight is 198 g/mol. The van der Waals surface area contributed by atoms with Gasteiger partial charge in [-0.25, -0.2) is 0 Å². The molecule has 0 saturated carbocycles. The lowest BCUT2D eigenvalue weighted by Gasteiger charge is -2.42. The van der Waals surface area contributed by atoms with Crippen molar-refractivity contribution in [2.75, 3.05) is 26.7 Å². The minimum Gasteiger partial charge on any atom is -0.330 e. The number of hydrogen-bond donors (Lipinski definition) is 1. The highest BCUT2D eigenvalue weighted by molar-refractivity contribution is 4.86. The second kappa shape index (κ2) is 5.13. The largest absolute Gasteiger partial charge is 0.330 e. The van der Waals surface area contributed by atoms with Gasteiger partial charge in [0.05, 0.1) is 0 Å². The van der Waals surface area contributed by atoms with Gasteiger partial charge in [0, 0.05) is 0 Å². The first kappa shape index (κ1) is 12.0. The first-order valence-corrected chi connectivity index (χ1v) is 5.97. The Morgan fingerprint density at radius 2 is 1.86 bits per heavy atom. The van der Waals surface area contributed by atoms with Crippen molar-refractivity contribution in [3.8, 4) is 0 Å². The van der Waals surface area contributed by atoms with E-state index in [1.165, 1.54) is 38.8 Å². The fourth-order valence-corrected chi connectivity index (χ4v) is 2.82. The van der Waals surface area contributed by atoms with E-state index in [1.807, 2.05) is 0 Å². The molecule has 1 aliphatic rings. The Hall–Kier alpha value is -0.0800. The number of nitrogens with two attached hydrogens (primary N) is 1. The highest BCUT2D eigenvalue weighted by Gasteiger charge is 2.33. The maximum Gasteiger partial charge on any atom is -0.00165 e. The minimum atomic E-state index is 0.565. The zero-order valence-electron chi connectivity index (χ0n) is 10.1. The van der Waals surface area contributed by atoms with Gasteiger partial charge < -0.3 is 10.6 Å². The summed E-state index contributed by atoms with van der Waals surface area (Å²) in [7, 11) is 2.22. The molecule has 0 amide bonds. The summed E-state index contributed by atoms with van der Waals surface area (Å²) in [5, 5.41) is 0. The number of rotatable bonds is 4. The maximum atomic E-state index is 5.74. The van der Waals surface area contributed by atoms with E-state index in [4.69, 9.17) is 5.73 Å². The third-order valence-corrected chi connectivity index (χ3v) is 3.56. The Labute approximate surface area is 88.8 Å². The van der Waals surface area contributed by atoms with Gasteiger partial charge in [-0.1, -0.05) is 13.8 Å².